The van der Waals surface area contributed by atoms with Crippen molar-refractivity contribution in [2.24, 2.45) is 5.10 Å². The summed E-state index contributed by atoms with van der Waals surface area (Å²) in [7, 11) is -3.36. The predicted molar refractivity (Wildman–Crippen MR) is 90.0 cm³/mol. The summed E-state index contributed by atoms with van der Waals surface area (Å²) in [6.07, 6.45) is 3.15. The maximum Gasteiger partial charge on any atom is 0.240 e. The topological polar surface area (TPSA) is 92.0 Å². The highest BCUT2D eigenvalue weighted by Crippen LogP contribution is 2.33. The van der Waals surface area contributed by atoms with Crippen LogP contribution in [0.2, 0.25) is 0 Å². The Hall–Kier alpha value is -2.61. The molecule has 0 spiro atoms. The lowest BCUT2D eigenvalue weighted by molar-refractivity contribution is -0.130. The van der Waals surface area contributed by atoms with Crippen molar-refractivity contribution in [3.63, 3.8) is 0 Å². The second-order valence-electron chi connectivity index (χ2n) is 5.60. The van der Waals surface area contributed by atoms with E-state index in [-0.39, 0.29) is 11.9 Å². The molecule has 126 valence electrons. The van der Waals surface area contributed by atoms with Crippen LogP contribution in [0, 0.1) is 0 Å². The Labute approximate surface area is 140 Å². The Bertz CT molecular complexity index is 888. The highest BCUT2D eigenvalue weighted by molar-refractivity contribution is 7.92. The van der Waals surface area contributed by atoms with Gasteiger partial charge >= 0.3 is 0 Å². The van der Waals surface area contributed by atoms with Crippen molar-refractivity contribution in [1.29, 1.82) is 0 Å². The van der Waals surface area contributed by atoms with Crippen LogP contribution in [0.1, 0.15) is 30.7 Å². The Balaban J connectivity index is 1.91. The summed E-state index contributed by atoms with van der Waals surface area (Å²) in [4.78, 5) is 11.9. The number of carbonyl (C=O) groups is 1. The summed E-state index contributed by atoms with van der Waals surface area (Å²) < 4.78 is 30.6. The van der Waals surface area contributed by atoms with Gasteiger partial charge in [-0.15, -0.1) is 0 Å². The van der Waals surface area contributed by atoms with Gasteiger partial charge in [0.25, 0.3) is 0 Å². The molecular formula is C16H17N3O4S. The highest BCUT2D eigenvalue weighted by Gasteiger charge is 2.33. The van der Waals surface area contributed by atoms with Crippen molar-refractivity contribution in [3.05, 3.63) is 54.0 Å². The van der Waals surface area contributed by atoms with Gasteiger partial charge in [0.05, 0.1) is 18.2 Å². The second kappa shape index (κ2) is 6.12. The molecule has 1 unspecified atom stereocenters. The number of sulfonamides is 1. The van der Waals surface area contributed by atoms with Gasteiger partial charge in [0.2, 0.25) is 15.9 Å². The van der Waals surface area contributed by atoms with E-state index in [1.807, 2.05) is 6.07 Å². The molecule has 7 nitrogen and oxygen atoms in total. The molecule has 1 N–H and O–H groups in total. The molecule has 1 aliphatic heterocycles. The molecule has 8 heteroatoms. The van der Waals surface area contributed by atoms with Gasteiger partial charge in [-0.25, -0.2) is 13.4 Å². The number of carbonyl (C=O) groups excluding carboxylic acids is 1. The fourth-order valence-corrected chi connectivity index (χ4v) is 3.21. The third-order valence-electron chi connectivity index (χ3n) is 3.60. The van der Waals surface area contributed by atoms with E-state index in [4.69, 9.17) is 4.42 Å². The van der Waals surface area contributed by atoms with Crippen LogP contribution in [0.4, 0.5) is 5.69 Å². The van der Waals surface area contributed by atoms with Crippen molar-refractivity contribution >= 4 is 27.3 Å². The summed E-state index contributed by atoms with van der Waals surface area (Å²) in [6, 6.07) is 10.2. The zero-order chi connectivity index (χ0) is 17.3. The standard InChI is InChI=1S/C16H17N3O4S/c1-11(20)19-15(16-7-4-8-23-16)10-14(17-19)12-5-3-6-13(9-12)18-24(2,21)22/h3-9,15,18H,10H2,1-2H3. The molecular weight excluding hydrogens is 330 g/mol. The van der Waals surface area contributed by atoms with Crippen LogP contribution >= 0.6 is 0 Å². The number of hydrazone groups is 1. The van der Waals surface area contributed by atoms with E-state index in [2.05, 4.69) is 9.82 Å². The van der Waals surface area contributed by atoms with Crippen molar-refractivity contribution < 1.29 is 17.6 Å². The van der Waals surface area contributed by atoms with Crippen molar-refractivity contribution in [3.8, 4) is 0 Å². The maximum atomic E-state index is 11.9. The number of benzene rings is 1. The van der Waals surface area contributed by atoms with Crippen molar-refractivity contribution in [1.82, 2.24) is 5.01 Å². The minimum Gasteiger partial charge on any atom is -0.467 e. The molecule has 0 bridgehead atoms. The third kappa shape index (κ3) is 3.48. The van der Waals surface area contributed by atoms with Crippen LogP contribution in [-0.4, -0.2) is 31.3 Å². The second-order valence-corrected chi connectivity index (χ2v) is 7.35. The van der Waals surface area contributed by atoms with E-state index >= 15 is 0 Å². The van der Waals surface area contributed by atoms with Gasteiger partial charge in [-0.05, 0) is 29.8 Å². The van der Waals surface area contributed by atoms with E-state index in [1.165, 1.54) is 11.9 Å². The molecule has 3 rings (SSSR count). The van der Waals surface area contributed by atoms with Crippen LogP contribution < -0.4 is 4.72 Å². The number of furan rings is 1. The van der Waals surface area contributed by atoms with Crippen LogP contribution in [0.3, 0.4) is 0 Å². The summed E-state index contributed by atoms with van der Waals surface area (Å²) >= 11 is 0. The van der Waals surface area contributed by atoms with Crippen LogP contribution in [0.15, 0.2) is 52.2 Å². The molecule has 0 fully saturated rings. The van der Waals surface area contributed by atoms with Gasteiger partial charge in [-0.1, -0.05) is 12.1 Å². The average molecular weight is 347 g/mol. The SMILES string of the molecule is CC(=O)N1N=C(c2cccc(NS(C)(=O)=O)c2)CC1c1ccco1. The van der Waals surface area contributed by atoms with E-state index in [9.17, 15) is 13.2 Å². The van der Waals surface area contributed by atoms with Crippen LogP contribution in [0.5, 0.6) is 0 Å². The first-order chi connectivity index (χ1) is 11.3. The zero-order valence-electron chi connectivity index (χ0n) is 13.3. The molecule has 2 heterocycles. The number of hydrogen-bond donors (Lipinski definition) is 1. The quantitative estimate of drug-likeness (QED) is 0.919. The van der Waals surface area contributed by atoms with Crippen LogP contribution in [-0.2, 0) is 14.8 Å². The van der Waals surface area contributed by atoms with E-state index in [0.717, 1.165) is 11.8 Å². The first kappa shape index (κ1) is 16.3. The van der Waals surface area contributed by atoms with Crippen molar-refractivity contribution in [2.75, 3.05) is 11.0 Å². The summed E-state index contributed by atoms with van der Waals surface area (Å²) in [5.41, 5.74) is 1.90. The van der Waals surface area contributed by atoms with Gasteiger partial charge in [-0.3, -0.25) is 9.52 Å². The molecule has 0 aliphatic carbocycles. The monoisotopic (exact) mass is 347 g/mol. The number of rotatable bonds is 4. The number of nitrogens with zero attached hydrogens (tertiary/aromatic N) is 2. The minimum atomic E-state index is -3.36. The number of amides is 1. The molecule has 1 aliphatic rings. The van der Waals surface area contributed by atoms with Gasteiger partial charge in [0.1, 0.15) is 11.8 Å². The first-order valence-electron chi connectivity index (χ1n) is 7.32. The molecule has 1 aromatic heterocycles. The summed E-state index contributed by atoms with van der Waals surface area (Å²) in [5.74, 6) is 0.478. The normalized spacial score (nSPS) is 17.7. The summed E-state index contributed by atoms with van der Waals surface area (Å²) in [5, 5.41) is 5.79. The summed E-state index contributed by atoms with van der Waals surface area (Å²) in [6.45, 7) is 1.45. The van der Waals surface area contributed by atoms with Crippen molar-refractivity contribution in [2.45, 2.75) is 19.4 Å². The fraction of sp³-hybridized carbons (Fsp3) is 0.250. The van der Waals surface area contributed by atoms with Gasteiger partial charge < -0.3 is 4.42 Å². The largest absolute Gasteiger partial charge is 0.467 e. The number of anilines is 1. The number of nitrogens with one attached hydrogen (secondary N) is 1. The van der Waals surface area contributed by atoms with E-state index < -0.39 is 10.0 Å². The average Bonchev–Trinajstić information content (AvgIpc) is 3.15. The smallest absolute Gasteiger partial charge is 0.240 e. The molecule has 0 saturated carbocycles. The highest BCUT2D eigenvalue weighted by atomic mass is 32.2. The molecule has 1 aromatic carbocycles. The van der Waals surface area contributed by atoms with Gasteiger partial charge in [0.15, 0.2) is 0 Å². The predicted octanol–water partition coefficient (Wildman–Crippen LogP) is 2.35. The molecule has 2 aromatic rings. The minimum absolute atomic E-state index is 0.184. The Kier molecular flexibility index (Phi) is 4.15. The maximum absolute atomic E-state index is 11.9. The Morgan fingerprint density at radius 1 is 1.33 bits per heavy atom. The van der Waals surface area contributed by atoms with E-state index in [0.29, 0.717) is 23.6 Å². The third-order valence-corrected chi connectivity index (χ3v) is 4.21. The van der Waals surface area contributed by atoms with E-state index in [1.54, 1.807) is 36.6 Å². The van der Waals surface area contributed by atoms with Crippen LogP contribution in [0.25, 0.3) is 0 Å². The fourth-order valence-electron chi connectivity index (χ4n) is 2.65. The number of hydrogen-bond acceptors (Lipinski definition) is 5. The molecule has 24 heavy (non-hydrogen) atoms. The molecule has 1 amide bonds. The Morgan fingerprint density at radius 2 is 2.12 bits per heavy atom. The molecule has 0 saturated heterocycles. The first-order valence-corrected chi connectivity index (χ1v) is 9.21. The molecule has 0 radical (unpaired) electrons. The lowest BCUT2D eigenvalue weighted by Gasteiger charge is -2.17. The Morgan fingerprint density at radius 3 is 2.75 bits per heavy atom. The zero-order valence-corrected chi connectivity index (χ0v) is 14.1. The lowest BCUT2D eigenvalue weighted by Crippen LogP contribution is -2.23. The van der Waals surface area contributed by atoms with Gasteiger partial charge in [0, 0.05) is 19.0 Å². The van der Waals surface area contributed by atoms with Gasteiger partial charge in [-0.2, -0.15) is 5.10 Å². The lowest BCUT2D eigenvalue weighted by atomic mass is 10.0. The molecule has 1 atom stereocenters.